The van der Waals surface area contributed by atoms with Gasteiger partial charge in [0.25, 0.3) is 0 Å². The van der Waals surface area contributed by atoms with Gasteiger partial charge in [-0.2, -0.15) is 4.98 Å². The molecule has 2 N–H and O–H groups in total. The predicted molar refractivity (Wildman–Crippen MR) is 102 cm³/mol. The van der Waals surface area contributed by atoms with Crippen LogP contribution in [0.2, 0.25) is 5.02 Å². The molecule has 3 heterocycles. The average molecular weight is 375 g/mol. The van der Waals surface area contributed by atoms with Gasteiger partial charge in [-0.15, -0.1) is 0 Å². The fourth-order valence-electron chi connectivity index (χ4n) is 3.31. The fraction of sp³-hybridized carbons (Fsp3) is 0.474. The van der Waals surface area contributed by atoms with E-state index in [0.717, 1.165) is 42.5 Å². The Balaban J connectivity index is 1.46. The summed E-state index contributed by atoms with van der Waals surface area (Å²) in [6.07, 6.45) is 1.57. The van der Waals surface area contributed by atoms with Crippen molar-refractivity contribution in [1.82, 2.24) is 9.97 Å². The maximum Gasteiger partial charge on any atom is 0.227 e. The first-order valence-electron chi connectivity index (χ1n) is 9.05. The number of benzene rings is 1. The first-order chi connectivity index (χ1) is 12.7. The molecule has 0 spiro atoms. The standard InChI is InChI=1S/C19H23ClN4O2/c20-15-3-1-2-13(8-15)4-6-21-18-9-17(14-5-7-26-12-14)22-19(23-18)24-10-16(25)11-24/h1-3,8-9,14,16,25H,4-7,10-12H2,(H,21,22,23). The van der Waals surface area contributed by atoms with Crippen molar-refractivity contribution in [2.75, 3.05) is 43.1 Å². The minimum Gasteiger partial charge on any atom is -0.389 e. The number of β-amino-alcohol motifs (C(OH)–C–C–N with tert-alkyl or cyclic N) is 1. The minimum atomic E-state index is -0.281. The molecule has 2 aliphatic rings. The average Bonchev–Trinajstić information content (AvgIpc) is 3.13. The molecule has 1 aromatic carbocycles. The van der Waals surface area contributed by atoms with Gasteiger partial charge in [-0.25, -0.2) is 4.98 Å². The van der Waals surface area contributed by atoms with E-state index in [-0.39, 0.29) is 6.10 Å². The van der Waals surface area contributed by atoms with Crippen molar-refractivity contribution >= 4 is 23.4 Å². The highest BCUT2D eigenvalue weighted by Gasteiger charge is 2.28. The summed E-state index contributed by atoms with van der Waals surface area (Å²) in [4.78, 5) is 11.4. The molecule has 1 aromatic heterocycles. The Hall–Kier alpha value is -1.89. The molecule has 1 atom stereocenters. The topological polar surface area (TPSA) is 70.5 Å². The van der Waals surface area contributed by atoms with Crippen molar-refractivity contribution in [3.63, 3.8) is 0 Å². The summed E-state index contributed by atoms with van der Waals surface area (Å²) >= 11 is 6.05. The molecule has 0 bridgehead atoms. The third kappa shape index (κ3) is 4.09. The van der Waals surface area contributed by atoms with Crippen LogP contribution >= 0.6 is 11.6 Å². The number of nitrogens with zero attached hydrogens (tertiary/aromatic N) is 3. The molecule has 2 saturated heterocycles. The van der Waals surface area contributed by atoms with Crippen LogP contribution in [0.25, 0.3) is 0 Å². The normalized spacial score (nSPS) is 20.2. The van der Waals surface area contributed by atoms with Gasteiger partial charge < -0.3 is 20.1 Å². The van der Waals surface area contributed by atoms with Crippen molar-refractivity contribution in [2.24, 2.45) is 0 Å². The van der Waals surface area contributed by atoms with Crippen LogP contribution in [-0.2, 0) is 11.2 Å². The maximum absolute atomic E-state index is 9.58. The number of ether oxygens (including phenoxy) is 1. The van der Waals surface area contributed by atoms with E-state index in [1.165, 1.54) is 5.56 Å². The largest absolute Gasteiger partial charge is 0.389 e. The summed E-state index contributed by atoms with van der Waals surface area (Å²) < 4.78 is 5.51. The highest BCUT2D eigenvalue weighted by molar-refractivity contribution is 6.30. The lowest BCUT2D eigenvalue weighted by atomic mass is 10.0. The number of aliphatic hydroxyl groups excluding tert-OH is 1. The van der Waals surface area contributed by atoms with Crippen LogP contribution in [-0.4, -0.2) is 54.0 Å². The van der Waals surface area contributed by atoms with Gasteiger partial charge in [0.2, 0.25) is 5.95 Å². The molecule has 138 valence electrons. The Morgan fingerprint density at radius 2 is 2.15 bits per heavy atom. The van der Waals surface area contributed by atoms with Gasteiger partial charge >= 0.3 is 0 Å². The summed E-state index contributed by atoms with van der Waals surface area (Å²) in [5.74, 6) is 1.82. The molecule has 2 aliphatic heterocycles. The number of anilines is 2. The van der Waals surface area contributed by atoms with E-state index in [1.54, 1.807) is 0 Å². The summed E-state index contributed by atoms with van der Waals surface area (Å²) in [6.45, 7) is 3.43. The third-order valence-corrected chi connectivity index (χ3v) is 5.07. The molecule has 0 saturated carbocycles. The van der Waals surface area contributed by atoms with E-state index >= 15 is 0 Å². The summed E-state index contributed by atoms with van der Waals surface area (Å²) in [7, 11) is 0. The van der Waals surface area contributed by atoms with Crippen LogP contribution < -0.4 is 10.2 Å². The van der Waals surface area contributed by atoms with Crippen LogP contribution in [0.3, 0.4) is 0 Å². The number of aromatic nitrogens is 2. The summed E-state index contributed by atoms with van der Waals surface area (Å²) in [6, 6.07) is 9.93. The van der Waals surface area contributed by atoms with E-state index in [1.807, 2.05) is 29.2 Å². The first kappa shape index (κ1) is 17.5. The number of hydrogen-bond acceptors (Lipinski definition) is 6. The number of hydrogen-bond donors (Lipinski definition) is 2. The minimum absolute atomic E-state index is 0.281. The van der Waals surface area contributed by atoms with Crippen molar-refractivity contribution < 1.29 is 9.84 Å². The molecule has 2 aromatic rings. The Kier molecular flexibility index (Phi) is 5.24. The smallest absolute Gasteiger partial charge is 0.227 e. The second kappa shape index (κ2) is 7.78. The zero-order chi connectivity index (χ0) is 17.9. The molecule has 4 rings (SSSR count). The second-order valence-corrected chi connectivity index (χ2v) is 7.34. The number of rotatable bonds is 6. The van der Waals surface area contributed by atoms with Crippen molar-refractivity contribution in [2.45, 2.75) is 24.9 Å². The van der Waals surface area contributed by atoms with Crippen LogP contribution in [0.4, 0.5) is 11.8 Å². The van der Waals surface area contributed by atoms with E-state index in [4.69, 9.17) is 21.3 Å². The van der Waals surface area contributed by atoms with E-state index in [9.17, 15) is 5.11 Å². The van der Waals surface area contributed by atoms with E-state index in [2.05, 4.69) is 16.4 Å². The Morgan fingerprint density at radius 3 is 2.88 bits per heavy atom. The maximum atomic E-state index is 9.58. The molecule has 26 heavy (non-hydrogen) atoms. The Labute approximate surface area is 158 Å². The summed E-state index contributed by atoms with van der Waals surface area (Å²) in [5, 5.41) is 13.7. The molecule has 2 fully saturated rings. The Bertz CT molecular complexity index is 761. The lowest BCUT2D eigenvalue weighted by Crippen LogP contribution is -2.51. The molecular weight excluding hydrogens is 352 g/mol. The van der Waals surface area contributed by atoms with Gasteiger partial charge in [-0.05, 0) is 30.5 Å². The van der Waals surface area contributed by atoms with Gasteiger partial charge in [0.1, 0.15) is 5.82 Å². The zero-order valence-electron chi connectivity index (χ0n) is 14.6. The molecule has 7 heteroatoms. The number of halogens is 1. The highest BCUT2D eigenvalue weighted by atomic mass is 35.5. The molecule has 0 amide bonds. The zero-order valence-corrected chi connectivity index (χ0v) is 15.3. The van der Waals surface area contributed by atoms with Crippen LogP contribution in [0.15, 0.2) is 30.3 Å². The monoisotopic (exact) mass is 374 g/mol. The molecule has 6 nitrogen and oxygen atoms in total. The first-order valence-corrected chi connectivity index (χ1v) is 9.43. The second-order valence-electron chi connectivity index (χ2n) is 6.90. The predicted octanol–water partition coefficient (Wildman–Crippen LogP) is 2.47. The van der Waals surface area contributed by atoms with Crippen molar-refractivity contribution in [1.29, 1.82) is 0 Å². The number of aliphatic hydroxyl groups is 1. The van der Waals surface area contributed by atoms with Gasteiger partial charge in [-0.1, -0.05) is 23.7 Å². The number of nitrogens with one attached hydrogen (secondary N) is 1. The summed E-state index contributed by atoms with van der Waals surface area (Å²) in [5.41, 5.74) is 2.20. The molecule has 0 aliphatic carbocycles. The molecular formula is C19H23ClN4O2. The van der Waals surface area contributed by atoms with Crippen molar-refractivity contribution in [3.8, 4) is 0 Å². The van der Waals surface area contributed by atoms with Gasteiger partial charge in [-0.3, -0.25) is 0 Å². The molecule has 0 radical (unpaired) electrons. The Morgan fingerprint density at radius 1 is 1.27 bits per heavy atom. The van der Waals surface area contributed by atoms with Crippen LogP contribution in [0, 0.1) is 0 Å². The van der Waals surface area contributed by atoms with Gasteiger partial charge in [0.05, 0.1) is 18.4 Å². The lowest BCUT2D eigenvalue weighted by molar-refractivity contribution is 0.140. The quantitative estimate of drug-likeness (QED) is 0.809. The van der Waals surface area contributed by atoms with Crippen molar-refractivity contribution in [3.05, 3.63) is 46.6 Å². The van der Waals surface area contributed by atoms with Crippen LogP contribution in [0.5, 0.6) is 0 Å². The van der Waals surface area contributed by atoms with E-state index in [0.29, 0.717) is 31.6 Å². The van der Waals surface area contributed by atoms with Gasteiger partial charge in [0.15, 0.2) is 0 Å². The van der Waals surface area contributed by atoms with E-state index < -0.39 is 0 Å². The third-order valence-electron chi connectivity index (χ3n) is 4.84. The van der Waals surface area contributed by atoms with Crippen LogP contribution in [0.1, 0.15) is 23.6 Å². The van der Waals surface area contributed by atoms with Gasteiger partial charge in [0, 0.05) is 43.2 Å². The SMILES string of the molecule is OC1CN(c2nc(NCCc3cccc(Cl)c3)cc(C3CCOC3)n2)C1. The highest BCUT2D eigenvalue weighted by Crippen LogP contribution is 2.28. The lowest BCUT2D eigenvalue weighted by Gasteiger charge is -2.36. The molecule has 1 unspecified atom stereocenters. The fourth-order valence-corrected chi connectivity index (χ4v) is 3.52.